The predicted octanol–water partition coefficient (Wildman–Crippen LogP) is 0.121. The highest BCUT2D eigenvalue weighted by molar-refractivity contribution is 6.03. The maximum absolute atomic E-state index is 13.0. The fourth-order valence-corrected chi connectivity index (χ4v) is 5.21. The van der Waals surface area contributed by atoms with E-state index in [1.165, 1.54) is 0 Å². The number of epoxide rings is 2. The summed E-state index contributed by atoms with van der Waals surface area (Å²) in [6.07, 6.45) is 1.74. The zero-order valence-corrected chi connectivity index (χ0v) is 17.4. The summed E-state index contributed by atoms with van der Waals surface area (Å²) in [6.45, 7) is 0. The molecule has 0 spiro atoms. The van der Waals surface area contributed by atoms with Gasteiger partial charge in [0.15, 0.2) is 0 Å². The first kappa shape index (κ1) is 20.9. The first-order valence-corrected chi connectivity index (χ1v) is 10.9. The highest BCUT2D eigenvalue weighted by Crippen LogP contribution is 2.44. The Bertz CT molecular complexity index is 906. The number of hydrogen-bond acceptors (Lipinski definition) is 6. The van der Waals surface area contributed by atoms with Crippen molar-refractivity contribution in [2.45, 2.75) is 50.1 Å². The fraction of sp³-hybridized carbons (Fsp3) is 0.545. The van der Waals surface area contributed by atoms with Crippen molar-refractivity contribution in [1.29, 1.82) is 0 Å². The molecule has 6 N–H and O–H groups in total. The lowest BCUT2D eigenvalue weighted by Gasteiger charge is -2.27. The van der Waals surface area contributed by atoms with Crippen LogP contribution < -0.4 is 22.1 Å². The average molecular weight is 442 g/mol. The number of carbonyl (C=O) groups is 4. The minimum atomic E-state index is -0.596. The van der Waals surface area contributed by atoms with E-state index in [0.717, 1.165) is 0 Å². The van der Waals surface area contributed by atoms with Crippen LogP contribution in [0.25, 0.3) is 0 Å². The molecular formula is C22H26N4O6. The number of carbonyl (C=O) groups excluding carboxylic acids is 4. The molecule has 8 atom stereocenters. The standard InChI is InChI=1S/C22H26N4O6/c23-19(27)9-5-15-17(31-15)7-11(9)21(29)25-13-3-1-2-4-14(13)26-22(30)12-8-18-16(32-18)6-10(12)20(24)28/h1-4,9-12,15-18H,5-8H2,(H2,23,27)(H2,24,28)(H,25,29)(H,26,30). The van der Waals surface area contributed by atoms with Gasteiger partial charge in [-0.1, -0.05) is 12.1 Å². The van der Waals surface area contributed by atoms with E-state index < -0.39 is 35.5 Å². The number of hydrogen-bond donors (Lipinski definition) is 4. The van der Waals surface area contributed by atoms with Crippen LogP contribution in [-0.4, -0.2) is 48.0 Å². The number of amides is 4. The van der Waals surface area contributed by atoms with Crippen LogP contribution in [-0.2, 0) is 28.7 Å². The van der Waals surface area contributed by atoms with Crippen LogP contribution in [0.1, 0.15) is 25.7 Å². The van der Waals surface area contributed by atoms with Crippen molar-refractivity contribution in [3.05, 3.63) is 24.3 Å². The predicted molar refractivity (Wildman–Crippen MR) is 112 cm³/mol. The fourth-order valence-electron chi connectivity index (χ4n) is 5.21. The summed E-state index contributed by atoms with van der Waals surface area (Å²) in [6, 6.07) is 6.79. The van der Waals surface area contributed by atoms with Crippen LogP contribution in [0.15, 0.2) is 24.3 Å². The molecule has 2 heterocycles. The van der Waals surface area contributed by atoms with Crippen molar-refractivity contribution >= 4 is 35.0 Å². The second-order valence-electron chi connectivity index (χ2n) is 9.12. The number of rotatable bonds is 6. The van der Waals surface area contributed by atoms with Crippen LogP contribution in [0.4, 0.5) is 11.4 Å². The lowest BCUT2D eigenvalue weighted by Crippen LogP contribution is -2.42. The molecule has 1 aromatic rings. The Hall–Kier alpha value is -2.98. The van der Waals surface area contributed by atoms with Crippen LogP contribution in [0.5, 0.6) is 0 Å². The van der Waals surface area contributed by atoms with Crippen molar-refractivity contribution < 1.29 is 28.7 Å². The first-order valence-electron chi connectivity index (χ1n) is 10.9. The highest BCUT2D eigenvalue weighted by atomic mass is 16.6. The van der Waals surface area contributed by atoms with E-state index in [4.69, 9.17) is 20.9 Å². The van der Waals surface area contributed by atoms with Crippen molar-refractivity contribution in [3.8, 4) is 0 Å². The third-order valence-corrected chi connectivity index (χ3v) is 7.14. The second-order valence-corrected chi connectivity index (χ2v) is 9.12. The van der Waals surface area contributed by atoms with Gasteiger partial charge < -0.3 is 31.6 Å². The van der Waals surface area contributed by atoms with Gasteiger partial charge in [-0.05, 0) is 37.8 Å². The third-order valence-electron chi connectivity index (χ3n) is 7.14. The topological polar surface area (TPSA) is 169 Å². The number of fused-ring (bicyclic) bond motifs is 2. The molecule has 10 nitrogen and oxygen atoms in total. The summed E-state index contributed by atoms with van der Waals surface area (Å²) in [7, 11) is 0. The quantitative estimate of drug-likeness (QED) is 0.456. The van der Waals surface area contributed by atoms with E-state index in [1.807, 2.05) is 0 Å². The smallest absolute Gasteiger partial charge is 0.228 e. The van der Waals surface area contributed by atoms with E-state index in [1.54, 1.807) is 24.3 Å². The molecule has 2 saturated heterocycles. The van der Waals surface area contributed by atoms with Crippen LogP contribution in [0.2, 0.25) is 0 Å². The van der Waals surface area contributed by atoms with Crippen molar-refractivity contribution in [1.82, 2.24) is 0 Å². The molecule has 4 fully saturated rings. The summed E-state index contributed by atoms with van der Waals surface area (Å²) >= 11 is 0. The average Bonchev–Trinajstić information content (AvgIpc) is 3.67. The molecule has 1 aromatic carbocycles. The van der Waals surface area contributed by atoms with E-state index in [2.05, 4.69) is 10.6 Å². The van der Waals surface area contributed by atoms with Gasteiger partial charge in [0.25, 0.3) is 0 Å². The largest absolute Gasteiger partial charge is 0.370 e. The third kappa shape index (κ3) is 3.95. The van der Waals surface area contributed by atoms with Crippen LogP contribution in [0, 0.1) is 23.7 Å². The maximum atomic E-state index is 13.0. The van der Waals surface area contributed by atoms with Gasteiger partial charge in [0, 0.05) is 0 Å². The Balaban J connectivity index is 1.29. The molecule has 170 valence electrons. The summed E-state index contributed by atoms with van der Waals surface area (Å²) in [5, 5.41) is 5.66. The van der Waals surface area contributed by atoms with Crippen LogP contribution in [0.3, 0.4) is 0 Å². The first-order chi connectivity index (χ1) is 15.3. The highest BCUT2D eigenvalue weighted by Gasteiger charge is 2.53. The van der Waals surface area contributed by atoms with Gasteiger partial charge in [-0.2, -0.15) is 0 Å². The maximum Gasteiger partial charge on any atom is 0.228 e. The lowest BCUT2D eigenvalue weighted by molar-refractivity contribution is -0.131. The molecule has 4 aliphatic rings. The molecule has 2 aliphatic carbocycles. The zero-order valence-electron chi connectivity index (χ0n) is 17.4. The van der Waals surface area contributed by atoms with E-state index >= 15 is 0 Å². The summed E-state index contributed by atoms with van der Waals surface area (Å²) < 4.78 is 11.0. The number of anilines is 2. The molecular weight excluding hydrogens is 416 g/mol. The van der Waals surface area contributed by atoms with E-state index in [0.29, 0.717) is 37.1 Å². The van der Waals surface area contributed by atoms with Gasteiger partial charge in [-0.25, -0.2) is 0 Å². The van der Waals surface area contributed by atoms with Crippen molar-refractivity contribution in [2.75, 3.05) is 10.6 Å². The van der Waals surface area contributed by atoms with Gasteiger partial charge >= 0.3 is 0 Å². The lowest BCUT2D eigenvalue weighted by atomic mass is 9.78. The van der Waals surface area contributed by atoms with Gasteiger partial charge in [0.1, 0.15) is 0 Å². The number of benzene rings is 1. The zero-order chi connectivity index (χ0) is 22.6. The molecule has 0 bridgehead atoms. The van der Waals surface area contributed by atoms with Crippen LogP contribution >= 0.6 is 0 Å². The Morgan fingerprint density at radius 2 is 1.00 bits per heavy atom. The number of ether oxygens (including phenoxy) is 2. The Morgan fingerprint density at radius 3 is 1.34 bits per heavy atom. The molecule has 32 heavy (non-hydrogen) atoms. The Labute approximate surface area is 184 Å². The van der Waals surface area contributed by atoms with E-state index in [9.17, 15) is 19.2 Å². The van der Waals surface area contributed by atoms with Crippen molar-refractivity contribution in [2.24, 2.45) is 35.1 Å². The Morgan fingerprint density at radius 1 is 0.656 bits per heavy atom. The molecule has 10 heteroatoms. The SMILES string of the molecule is NC(=O)C1CC2OC2CC1C(=O)Nc1ccccc1NC(=O)C1CC2OC2CC1C(N)=O. The molecule has 0 aromatic heterocycles. The summed E-state index contributed by atoms with van der Waals surface area (Å²) in [5.74, 6) is -4.09. The number of para-hydroxylation sites is 2. The van der Waals surface area contributed by atoms with Gasteiger partial charge in [-0.3, -0.25) is 19.2 Å². The van der Waals surface area contributed by atoms with Gasteiger partial charge in [0.05, 0.1) is 59.5 Å². The van der Waals surface area contributed by atoms with Gasteiger partial charge in [0.2, 0.25) is 23.6 Å². The number of primary amides is 2. The van der Waals surface area contributed by atoms with Crippen molar-refractivity contribution in [3.63, 3.8) is 0 Å². The minimum absolute atomic E-state index is 0.00636. The normalized spacial score (nSPS) is 36.8. The molecule has 4 amide bonds. The minimum Gasteiger partial charge on any atom is -0.370 e. The van der Waals surface area contributed by atoms with E-state index in [-0.39, 0.29) is 36.2 Å². The Kier molecular flexibility index (Phi) is 5.13. The van der Waals surface area contributed by atoms with Gasteiger partial charge in [-0.15, -0.1) is 0 Å². The number of nitrogens with one attached hydrogen (secondary N) is 2. The molecule has 2 aliphatic heterocycles. The molecule has 8 unspecified atom stereocenters. The second kappa shape index (κ2) is 7.86. The number of nitrogens with two attached hydrogens (primary N) is 2. The molecule has 0 radical (unpaired) electrons. The molecule has 2 saturated carbocycles. The molecule has 5 rings (SSSR count). The monoisotopic (exact) mass is 442 g/mol. The summed E-state index contributed by atoms with van der Waals surface area (Å²) in [5.41, 5.74) is 11.8. The summed E-state index contributed by atoms with van der Waals surface area (Å²) in [4.78, 5) is 49.8.